The number of hydrogen-bond acceptors (Lipinski definition) is 3. The van der Waals surface area contributed by atoms with E-state index < -0.39 is 0 Å². The predicted octanol–water partition coefficient (Wildman–Crippen LogP) is 3.52. The summed E-state index contributed by atoms with van der Waals surface area (Å²) in [7, 11) is 0. The van der Waals surface area contributed by atoms with Gasteiger partial charge in [-0.3, -0.25) is 14.5 Å². The third-order valence-corrected chi connectivity index (χ3v) is 4.82. The zero-order valence-corrected chi connectivity index (χ0v) is 14.8. The van der Waals surface area contributed by atoms with Crippen molar-refractivity contribution in [3.8, 4) is 11.3 Å². The summed E-state index contributed by atoms with van der Waals surface area (Å²) in [5.74, 6) is 0.544. The van der Waals surface area contributed by atoms with Crippen LogP contribution in [0.4, 0.5) is 0 Å². The molecule has 2 aromatic heterocycles. The summed E-state index contributed by atoms with van der Waals surface area (Å²) in [5, 5.41) is 7.81. The number of amides is 1. The molecule has 0 bridgehead atoms. The second kappa shape index (κ2) is 7.12. The van der Waals surface area contributed by atoms with Gasteiger partial charge in [0.25, 0.3) is 5.91 Å². The molecule has 0 saturated heterocycles. The molecule has 1 atom stereocenters. The van der Waals surface area contributed by atoms with Crippen LogP contribution >= 0.6 is 0 Å². The van der Waals surface area contributed by atoms with Gasteiger partial charge in [0.1, 0.15) is 5.69 Å². The number of carbonyl (C=O) groups excluding carboxylic acids is 1. The minimum atomic E-state index is -0.0671. The van der Waals surface area contributed by atoms with Crippen molar-refractivity contribution in [2.45, 2.75) is 32.4 Å². The molecule has 0 spiro atoms. The highest BCUT2D eigenvalue weighted by Crippen LogP contribution is 2.32. The molecule has 2 heterocycles. The molecule has 1 N–H and O–H groups in total. The quantitative estimate of drug-likeness (QED) is 0.743. The van der Waals surface area contributed by atoms with E-state index in [1.54, 1.807) is 12.4 Å². The van der Waals surface area contributed by atoms with Crippen molar-refractivity contribution in [3.63, 3.8) is 0 Å². The van der Waals surface area contributed by atoms with Crippen molar-refractivity contribution < 1.29 is 4.79 Å². The molecular weight excluding hydrogens is 324 g/mol. The van der Waals surface area contributed by atoms with Gasteiger partial charge in [-0.15, -0.1) is 0 Å². The van der Waals surface area contributed by atoms with E-state index in [-0.39, 0.29) is 11.9 Å². The summed E-state index contributed by atoms with van der Waals surface area (Å²) >= 11 is 0. The Morgan fingerprint density at radius 2 is 2.04 bits per heavy atom. The van der Waals surface area contributed by atoms with Gasteiger partial charge in [0.15, 0.2) is 0 Å². The lowest BCUT2D eigenvalue weighted by Gasteiger charge is -2.12. The zero-order chi connectivity index (χ0) is 17.9. The third kappa shape index (κ3) is 3.67. The van der Waals surface area contributed by atoms with Crippen molar-refractivity contribution in [1.82, 2.24) is 20.1 Å². The van der Waals surface area contributed by atoms with Crippen molar-refractivity contribution in [1.29, 1.82) is 0 Å². The van der Waals surface area contributed by atoms with Crippen LogP contribution in [0.1, 0.15) is 35.7 Å². The van der Waals surface area contributed by atoms with Crippen LogP contribution in [0.3, 0.4) is 0 Å². The van der Waals surface area contributed by atoms with Crippen LogP contribution in [-0.4, -0.2) is 26.7 Å². The molecule has 5 nitrogen and oxygen atoms in total. The molecule has 1 fully saturated rings. The Morgan fingerprint density at radius 1 is 1.23 bits per heavy atom. The second-order valence-corrected chi connectivity index (χ2v) is 6.92. The van der Waals surface area contributed by atoms with E-state index in [1.807, 2.05) is 41.2 Å². The van der Waals surface area contributed by atoms with E-state index in [2.05, 4.69) is 34.5 Å². The first-order chi connectivity index (χ1) is 12.7. The number of pyridine rings is 1. The topological polar surface area (TPSA) is 59.8 Å². The molecule has 0 aliphatic heterocycles. The Kier molecular flexibility index (Phi) is 4.52. The van der Waals surface area contributed by atoms with Crippen LogP contribution in [0.5, 0.6) is 0 Å². The Morgan fingerprint density at radius 3 is 2.73 bits per heavy atom. The summed E-state index contributed by atoms with van der Waals surface area (Å²) in [6.07, 6.45) is 7.70. The Hall–Kier alpha value is -2.95. The largest absolute Gasteiger partial charge is 0.349 e. The molecule has 5 heteroatoms. The number of carbonyl (C=O) groups is 1. The van der Waals surface area contributed by atoms with Crippen LogP contribution in [0.15, 0.2) is 61.1 Å². The maximum atomic E-state index is 12.9. The summed E-state index contributed by atoms with van der Waals surface area (Å²) in [6.45, 7) is 2.70. The van der Waals surface area contributed by atoms with Crippen molar-refractivity contribution in [3.05, 3.63) is 72.2 Å². The molecule has 1 saturated carbocycles. The molecule has 1 aliphatic carbocycles. The van der Waals surface area contributed by atoms with Crippen molar-refractivity contribution in [2.24, 2.45) is 5.92 Å². The van der Waals surface area contributed by atoms with E-state index >= 15 is 0 Å². The van der Waals surface area contributed by atoms with Crippen molar-refractivity contribution >= 4 is 5.91 Å². The van der Waals surface area contributed by atoms with Crippen LogP contribution < -0.4 is 5.32 Å². The molecule has 0 unspecified atom stereocenters. The molecule has 132 valence electrons. The lowest BCUT2D eigenvalue weighted by molar-refractivity contribution is 0.0936. The molecule has 1 amide bonds. The number of aromatic nitrogens is 3. The fourth-order valence-electron chi connectivity index (χ4n) is 3.15. The van der Waals surface area contributed by atoms with Crippen molar-refractivity contribution in [2.75, 3.05) is 0 Å². The molecule has 1 aliphatic rings. The van der Waals surface area contributed by atoms with Gasteiger partial charge in [-0.2, -0.15) is 5.10 Å². The highest BCUT2D eigenvalue weighted by molar-refractivity contribution is 5.99. The highest BCUT2D eigenvalue weighted by Gasteiger charge is 2.30. The van der Waals surface area contributed by atoms with Gasteiger partial charge in [-0.25, -0.2) is 0 Å². The maximum Gasteiger partial charge on any atom is 0.255 e. The number of benzene rings is 1. The van der Waals surface area contributed by atoms with E-state index in [9.17, 15) is 4.79 Å². The van der Waals surface area contributed by atoms with Crippen LogP contribution in [0, 0.1) is 5.92 Å². The number of hydrogen-bond donors (Lipinski definition) is 1. The van der Waals surface area contributed by atoms with Gasteiger partial charge < -0.3 is 5.32 Å². The first kappa shape index (κ1) is 16.5. The SMILES string of the molecule is C[C@@H](NC(=O)c1cn(Cc2ccccc2)nc1-c1cccnc1)C1CC1. The fourth-order valence-corrected chi connectivity index (χ4v) is 3.15. The van der Waals surface area contributed by atoms with Gasteiger partial charge in [-0.05, 0) is 43.4 Å². The molecule has 0 radical (unpaired) electrons. The zero-order valence-electron chi connectivity index (χ0n) is 14.8. The number of nitrogens with one attached hydrogen (secondary N) is 1. The minimum Gasteiger partial charge on any atom is -0.349 e. The van der Waals surface area contributed by atoms with Gasteiger partial charge in [0.2, 0.25) is 0 Å². The minimum absolute atomic E-state index is 0.0671. The van der Waals surface area contributed by atoms with E-state index in [1.165, 1.54) is 12.8 Å². The van der Waals surface area contributed by atoms with E-state index in [4.69, 9.17) is 0 Å². The lowest BCUT2D eigenvalue weighted by atomic mass is 10.1. The van der Waals surface area contributed by atoms with E-state index in [0.29, 0.717) is 23.7 Å². The molecule has 1 aromatic carbocycles. The highest BCUT2D eigenvalue weighted by atomic mass is 16.1. The second-order valence-electron chi connectivity index (χ2n) is 6.92. The Labute approximate surface area is 153 Å². The maximum absolute atomic E-state index is 12.9. The average Bonchev–Trinajstić information content (AvgIpc) is 3.44. The van der Waals surface area contributed by atoms with Crippen LogP contribution in [0.25, 0.3) is 11.3 Å². The van der Waals surface area contributed by atoms with E-state index in [0.717, 1.165) is 11.1 Å². The predicted molar refractivity (Wildman–Crippen MR) is 101 cm³/mol. The monoisotopic (exact) mass is 346 g/mol. The molecule has 26 heavy (non-hydrogen) atoms. The van der Waals surface area contributed by atoms with Crippen LogP contribution in [0.2, 0.25) is 0 Å². The average molecular weight is 346 g/mol. The molecule has 3 aromatic rings. The Balaban J connectivity index is 1.64. The standard InChI is InChI=1S/C21H22N4O/c1-15(17-9-10-17)23-21(26)19-14-25(13-16-6-3-2-4-7-16)24-20(19)18-8-5-11-22-12-18/h2-8,11-12,14-15,17H,9-10,13H2,1H3,(H,23,26)/t15-/m1/s1. The summed E-state index contributed by atoms with van der Waals surface area (Å²) in [4.78, 5) is 17.0. The summed E-state index contributed by atoms with van der Waals surface area (Å²) in [6, 6.07) is 14.1. The first-order valence-corrected chi connectivity index (χ1v) is 9.03. The third-order valence-electron chi connectivity index (χ3n) is 4.82. The lowest BCUT2D eigenvalue weighted by Crippen LogP contribution is -2.34. The van der Waals surface area contributed by atoms with Crippen LogP contribution in [-0.2, 0) is 6.54 Å². The van der Waals surface area contributed by atoms with Gasteiger partial charge >= 0.3 is 0 Å². The fraction of sp³-hybridized carbons (Fsp3) is 0.286. The summed E-state index contributed by atoms with van der Waals surface area (Å²) in [5.41, 5.74) is 3.27. The van der Waals surface area contributed by atoms with Gasteiger partial charge in [0, 0.05) is 30.2 Å². The first-order valence-electron chi connectivity index (χ1n) is 9.03. The number of rotatable bonds is 6. The molecular formula is C21H22N4O. The van der Waals surface area contributed by atoms with Gasteiger partial charge in [-0.1, -0.05) is 30.3 Å². The smallest absolute Gasteiger partial charge is 0.255 e. The Bertz CT molecular complexity index is 885. The normalized spacial score (nSPS) is 14.8. The number of nitrogens with zero attached hydrogens (tertiary/aromatic N) is 3. The summed E-state index contributed by atoms with van der Waals surface area (Å²) < 4.78 is 1.83. The van der Waals surface area contributed by atoms with Gasteiger partial charge in [0.05, 0.1) is 12.1 Å². The molecule has 4 rings (SSSR count).